The molecule has 0 radical (unpaired) electrons. The fourth-order valence-electron chi connectivity index (χ4n) is 3.59. The average molecular weight is 272 g/mol. The third-order valence-electron chi connectivity index (χ3n) is 5.05. The minimum atomic E-state index is 0.548. The minimum Gasteiger partial charge on any atom is -0.381 e. The van der Waals surface area contributed by atoms with Gasteiger partial charge in [-0.2, -0.15) is 0 Å². The molecule has 2 nitrogen and oxygen atoms in total. The van der Waals surface area contributed by atoms with E-state index in [4.69, 9.17) is 0 Å². The number of nitrogens with zero attached hydrogens (tertiary/aromatic N) is 1. The molecule has 1 saturated carbocycles. The van der Waals surface area contributed by atoms with E-state index in [0.29, 0.717) is 11.5 Å². The van der Waals surface area contributed by atoms with Gasteiger partial charge in [-0.15, -0.1) is 0 Å². The second-order valence-corrected chi connectivity index (χ2v) is 7.29. The SMILES string of the molecule is CC1(C)CCC(Nc2ccccc2N2CCCC2)CC1. The molecule has 0 bridgehead atoms. The molecule has 1 saturated heterocycles. The Kier molecular flexibility index (Phi) is 3.91. The van der Waals surface area contributed by atoms with Crippen molar-refractivity contribution in [2.75, 3.05) is 23.3 Å². The van der Waals surface area contributed by atoms with Crippen molar-refractivity contribution in [3.05, 3.63) is 24.3 Å². The van der Waals surface area contributed by atoms with E-state index < -0.39 is 0 Å². The van der Waals surface area contributed by atoms with E-state index in [9.17, 15) is 0 Å². The monoisotopic (exact) mass is 272 g/mol. The van der Waals surface area contributed by atoms with E-state index in [0.717, 1.165) is 0 Å². The highest BCUT2D eigenvalue weighted by atomic mass is 15.2. The van der Waals surface area contributed by atoms with E-state index in [2.05, 4.69) is 48.3 Å². The molecule has 1 N–H and O–H groups in total. The van der Waals surface area contributed by atoms with Gasteiger partial charge in [-0.3, -0.25) is 0 Å². The summed E-state index contributed by atoms with van der Waals surface area (Å²) in [6.07, 6.45) is 7.98. The van der Waals surface area contributed by atoms with Crippen molar-refractivity contribution in [3.63, 3.8) is 0 Å². The molecule has 1 aromatic carbocycles. The fraction of sp³-hybridized carbons (Fsp3) is 0.667. The predicted octanol–water partition coefficient (Wildman–Crippen LogP) is 4.67. The highest BCUT2D eigenvalue weighted by Gasteiger charge is 2.27. The highest BCUT2D eigenvalue weighted by molar-refractivity contribution is 5.70. The van der Waals surface area contributed by atoms with Crippen molar-refractivity contribution in [3.8, 4) is 0 Å². The molecule has 0 spiro atoms. The first-order valence-corrected chi connectivity index (χ1v) is 8.25. The number of rotatable bonds is 3. The van der Waals surface area contributed by atoms with Gasteiger partial charge in [0.2, 0.25) is 0 Å². The van der Waals surface area contributed by atoms with Gasteiger partial charge >= 0.3 is 0 Å². The zero-order valence-electron chi connectivity index (χ0n) is 13.0. The van der Waals surface area contributed by atoms with Gasteiger partial charge in [0, 0.05) is 19.1 Å². The van der Waals surface area contributed by atoms with Gasteiger partial charge in [0.25, 0.3) is 0 Å². The molecule has 0 unspecified atom stereocenters. The maximum atomic E-state index is 3.82. The van der Waals surface area contributed by atoms with Gasteiger partial charge in [0.1, 0.15) is 0 Å². The number of nitrogens with one attached hydrogen (secondary N) is 1. The molecule has 1 aliphatic carbocycles. The largest absolute Gasteiger partial charge is 0.381 e. The third kappa shape index (κ3) is 3.11. The average Bonchev–Trinajstić information content (AvgIpc) is 2.96. The Morgan fingerprint density at radius 1 is 1.05 bits per heavy atom. The molecule has 0 atom stereocenters. The zero-order valence-corrected chi connectivity index (χ0v) is 13.0. The molecule has 1 heterocycles. The van der Waals surface area contributed by atoms with E-state index in [1.165, 1.54) is 63.0 Å². The summed E-state index contributed by atoms with van der Waals surface area (Å²) in [6, 6.07) is 9.53. The van der Waals surface area contributed by atoms with E-state index in [-0.39, 0.29) is 0 Å². The summed E-state index contributed by atoms with van der Waals surface area (Å²) in [7, 11) is 0. The molecule has 0 amide bonds. The van der Waals surface area contributed by atoms with Crippen LogP contribution in [0.1, 0.15) is 52.4 Å². The first-order valence-electron chi connectivity index (χ1n) is 8.25. The fourth-order valence-corrected chi connectivity index (χ4v) is 3.59. The van der Waals surface area contributed by atoms with Gasteiger partial charge in [-0.05, 0) is 56.1 Å². The Morgan fingerprint density at radius 2 is 1.70 bits per heavy atom. The van der Waals surface area contributed by atoms with Crippen LogP contribution < -0.4 is 10.2 Å². The van der Waals surface area contributed by atoms with Gasteiger partial charge in [0.05, 0.1) is 11.4 Å². The lowest BCUT2D eigenvalue weighted by atomic mass is 9.75. The van der Waals surface area contributed by atoms with Crippen molar-refractivity contribution in [2.45, 2.75) is 58.4 Å². The van der Waals surface area contributed by atoms with Crippen LogP contribution in [0.4, 0.5) is 11.4 Å². The summed E-state index contributed by atoms with van der Waals surface area (Å²) >= 11 is 0. The van der Waals surface area contributed by atoms with Gasteiger partial charge in [-0.1, -0.05) is 26.0 Å². The zero-order chi connectivity index (χ0) is 14.0. The summed E-state index contributed by atoms with van der Waals surface area (Å²) in [5.74, 6) is 0. The minimum absolute atomic E-state index is 0.548. The molecular formula is C18H28N2. The quantitative estimate of drug-likeness (QED) is 0.860. The van der Waals surface area contributed by atoms with Crippen molar-refractivity contribution in [1.29, 1.82) is 0 Å². The topological polar surface area (TPSA) is 15.3 Å². The van der Waals surface area contributed by atoms with E-state index in [1.807, 2.05) is 0 Å². The van der Waals surface area contributed by atoms with Crippen LogP contribution in [0.15, 0.2) is 24.3 Å². The Hall–Kier alpha value is -1.18. The molecular weight excluding hydrogens is 244 g/mol. The van der Waals surface area contributed by atoms with E-state index >= 15 is 0 Å². The van der Waals surface area contributed by atoms with Crippen LogP contribution in [0.3, 0.4) is 0 Å². The first kappa shape index (κ1) is 13.8. The number of anilines is 2. The van der Waals surface area contributed by atoms with Crippen molar-refractivity contribution >= 4 is 11.4 Å². The smallest absolute Gasteiger partial charge is 0.0602 e. The van der Waals surface area contributed by atoms with Crippen molar-refractivity contribution in [2.24, 2.45) is 5.41 Å². The lowest BCUT2D eigenvalue weighted by molar-refractivity contribution is 0.232. The predicted molar refractivity (Wildman–Crippen MR) is 87.5 cm³/mol. The molecule has 2 heteroatoms. The maximum absolute atomic E-state index is 3.82. The summed E-state index contributed by atoms with van der Waals surface area (Å²) < 4.78 is 0. The number of hydrogen-bond acceptors (Lipinski definition) is 2. The Bertz CT molecular complexity index is 436. The Morgan fingerprint density at radius 3 is 2.40 bits per heavy atom. The van der Waals surface area contributed by atoms with Crippen LogP contribution >= 0.6 is 0 Å². The molecule has 3 rings (SSSR count). The number of para-hydroxylation sites is 2. The maximum Gasteiger partial charge on any atom is 0.0602 e. The molecule has 1 aliphatic heterocycles. The van der Waals surface area contributed by atoms with Crippen LogP contribution in [0, 0.1) is 5.41 Å². The lowest BCUT2D eigenvalue weighted by Gasteiger charge is -2.35. The van der Waals surface area contributed by atoms with Gasteiger partial charge < -0.3 is 10.2 Å². The van der Waals surface area contributed by atoms with Crippen LogP contribution in [0.2, 0.25) is 0 Å². The molecule has 110 valence electrons. The Labute approximate surface area is 123 Å². The van der Waals surface area contributed by atoms with E-state index in [1.54, 1.807) is 0 Å². The van der Waals surface area contributed by atoms with Crippen LogP contribution in [-0.4, -0.2) is 19.1 Å². The first-order chi connectivity index (χ1) is 9.64. The number of benzene rings is 1. The summed E-state index contributed by atoms with van der Waals surface area (Å²) in [6.45, 7) is 7.25. The van der Waals surface area contributed by atoms with Crippen molar-refractivity contribution < 1.29 is 0 Å². The summed E-state index contributed by atoms with van der Waals surface area (Å²) in [5.41, 5.74) is 3.31. The van der Waals surface area contributed by atoms with Gasteiger partial charge in [0.15, 0.2) is 0 Å². The molecule has 1 aromatic rings. The molecule has 2 fully saturated rings. The van der Waals surface area contributed by atoms with Gasteiger partial charge in [-0.25, -0.2) is 0 Å². The number of hydrogen-bond donors (Lipinski definition) is 1. The third-order valence-corrected chi connectivity index (χ3v) is 5.05. The second kappa shape index (κ2) is 5.67. The van der Waals surface area contributed by atoms with Crippen LogP contribution in [-0.2, 0) is 0 Å². The summed E-state index contributed by atoms with van der Waals surface area (Å²) in [5, 5.41) is 3.82. The molecule has 0 aromatic heterocycles. The second-order valence-electron chi connectivity index (χ2n) is 7.29. The summed E-state index contributed by atoms with van der Waals surface area (Å²) in [4.78, 5) is 2.54. The van der Waals surface area contributed by atoms with Crippen LogP contribution in [0.25, 0.3) is 0 Å². The normalized spacial score (nSPS) is 23.0. The molecule has 20 heavy (non-hydrogen) atoms. The molecule has 2 aliphatic rings. The highest BCUT2D eigenvalue weighted by Crippen LogP contribution is 2.37. The van der Waals surface area contributed by atoms with Crippen molar-refractivity contribution in [1.82, 2.24) is 0 Å². The Balaban J connectivity index is 1.68. The standard InChI is InChI=1S/C18H28N2/c1-18(2)11-9-15(10-12-18)19-16-7-3-4-8-17(16)20-13-5-6-14-20/h3-4,7-8,15,19H,5-6,9-14H2,1-2H3. The van der Waals surface area contributed by atoms with Crippen LogP contribution in [0.5, 0.6) is 0 Å². The lowest BCUT2D eigenvalue weighted by Crippen LogP contribution is -2.30.